The molecule has 2 aromatic carbocycles. The van der Waals surface area contributed by atoms with E-state index in [1.165, 1.54) is 30.9 Å². The van der Waals surface area contributed by atoms with Gasteiger partial charge in [0, 0.05) is 13.1 Å². The molecule has 200 valence electrons. The summed E-state index contributed by atoms with van der Waals surface area (Å²) in [6.07, 6.45) is 0.352. The van der Waals surface area contributed by atoms with E-state index in [-0.39, 0.29) is 30.1 Å². The predicted molar refractivity (Wildman–Crippen MR) is 140 cm³/mol. The Morgan fingerprint density at radius 3 is 2.37 bits per heavy atom. The van der Waals surface area contributed by atoms with Crippen molar-refractivity contribution in [3.05, 3.63) is 71.7 Å². The number of hydrogen-bond acceptors (Lipinski definition) is 8. The number of aromatic nitrogens is 3. The molecule has 0 saturated carbocycles. The number of rotatable bonds is 8. The van der Waals surface area contributed by atoms with Crippen LogP contribution in [0.25, 0.3) is 17.3 Å². The number of hydrogen-bond donors (Lipinski definition) is 2. The number of piperidine rings is 1. The van der Waals surface area contributed by atoms with Gasteiger partial charge in [0.15, 0.2) is 5.76 Å². The molecule has 3 heterocycles. The van der Waals surface area contributed by atoms with Crippen molar-refractivity contribution in [3.63, 3.8) is 0 Å². The topological polar surface area (TPSA) is 121 Å². The third-order valence-electron chi connectivity index (χ3n) is 6.57. The van der Waals surface area contributed by atoms with E-state index in [0.717, 1.165) is 5.56 Å². The lowest BCUT2D eigenvalue weighted by Gasteiger charge is -2.30. The van der Waals surface area contributed by atoms with Crippen molar-refractivity contribution in [2.45, 2.75) is 24.5 Å². The number of nitrogens with zero attached hydrogens (tertiary/aromatic N) is 3. The van der Waals surface area contributed by atoms with Gasteiger partial charge in [0.05, 0.1) is 19.5 Å². The molecule has 1 aliphatic heterocycles. The minimum atomic E-state index is -3.94. The van der Waals surface area contributed by atoms with Crippen molar-refractivity contribution in [3.8, 4) is 28.8 Å². The first-order chi connectivity index (χ1) is 18.3. The highest BCUT2D eigenvalue weighted by Crippen LogP contribution is 2.38. The Bertz CT molecular complexity index is 1510. The molecule has 0 aliphatic carbocycles. The van der Waals surface area contributed by atoms with E-state index in [2.05, 4.69) is 20.2 Å². The van der Waals surface area contributed by atoms with Crippen LogP contribution < -0.4 is 19.5 Å². The van der Waals surface area contributed by atoms with Crippen LogP contribution in [0.4, 0.5) is 10.3 Å². The summed E-state index contributed by atoms with van der Waals surface area (Å²) in [7, 11) is -0.928. The second-order valence-electron chi connectivity index (χ2n) is 9.02. The van der Waals surface area contributed by atoms with Gasteiger partial charge >= 0.3 is 0 Å². The van der Waals surface area contributed by atoms with Crippen LogP contribution in [0.1, 0.15) is 23.7 Å². The molecular weight excluding hydrogens is 513 g/mol. The van der Waals surface area contributed by atoms with Gasteiger partial charge < -0.3 is 19.2 Å². The first-order valence-electron chi connectivity index (χ1n) is 12.0. The van der Waals surface area contributed by atoms with E-state index in [1.54, 1.807) is 49.4 Å². The first kappa shape index (κ1) is 25.7. The molecule has 12 heteroatoms. The number of ether oxygens (including phenoxy) is 2. The van der Waals surface area contributed by atoms with Crippen molar-refractivity contribution in [1.29, 1.82) is 0 Å². The van der Waals surface area contributed by atoms with Crippen LogP contribution >= 0.6 is 0 Å². The standard InChI is InChI=1S/C26H28FN5O5S/c1-16-7-12-23(37-16)25-29-30-26(32(25)24-21(35-2)5-4-6-22(24)36-3)31-38(33,34)20-13-18(14-28-15-20)17-8-10-19(27)11-9-17/h4-12,18,20,28H,13-15H2,1-3H3,(H,30,31)/t18-,20-/m1/s1. The maximum Gasteiger partial charge on any atom is 0.243 e. The van der Waals surface area contributed by atoms with Crippen LogP contribution in [0.5, 0.6) is 11.5 Å². The van der Waals surface area contributed by atoms with E-state index in [0.29, 0.717) is 41.7 Å². The van der Waals surface area contributed by atoms with Gasteiger partial charge in [-0.15, -0.1) is 10.2 Å². The van der Waals surface area contributed by atoms with Gasteiger partial charge in [-0.05, 0) is 61.2 Å². The molecule has 2 aromatic heterocycles. The Hall–Kier alpha value is -3.90. The summed E-state index contributed by atoms with van der Waals surface area (Å²) < 4.78 is 61.8. The third-order valence-corrected chi connectivity index (χ3v) is 8.28. The zero-order valence-electron chi connectivity index (χ0n) is 21.1. The predicted octanol–water partition coefficient (Wildman–Crippen LogP) is 3.88. The van der Waals surface area contributed by atoms with Crippen LogP contribution in [0, 0.1) is 12.7 Å². The molecule has 0 unspecified atom stereocenters. The number of anilines is 1. The molecule has 2 atom stereocenters. The van der Waals surface area contributed by atoms with E-state index in [4.69, 9.17) is 13.9 Å². The third kappa shape index (κ3) is 4.96. The fraction of sp³-hybridized carbons (Fsp3) is 0.308. The molecule has 0 spiro atoms. The summed E-state index contributed by atoms with van der Waals surface area (Å²) in [5.74, 6) is 1.68. The lowest BCUT2D eigenvalue weighted by Crippen LogP contribution is -2.44. The Morgan fingerprint density at radius 1 is 1.03 bits per heavy atom. The van der Waals surface area contributed by atoms with Gasteiger partial charge in [0.25, 0.3) is 0 Å². The Morgan fingerprint density at radius 2 is 1.74 bits per heavy atom. The monoisotopic (exact) mass is 541 g/mol. The van der Waals surface area contributed by atoms with Crippen molar-refractivity contribution in [2.75, 3.05) is 32.0 Å². The summed E-state index contributed by atoms with van der Waals surface area (Å²) in [5.41, 5.74) is 1.28. The summed E-state index contributed by atoms with van der Waals surface area (Å²) in [6.45, 7) is 2.64. The molecule has 5 rings (SSSR count). The zero-order chi connectivity index (χ0) is 26.9. The van der Waals surface area contributed by atoms with E-state index in [1.807, 2.05) is 0 Å². The molecule has 1 saturated heterocycles. The molecule has 38 heavy (non-hydrogen) atoms. The molecular formula is C26H28FN5O5S. The summed E-state index contributed by atoms with van der Waals surface area (Å²) >= 11 is 0. The number of benzene rings is 2. The number of methoxy groups -OCH3 is 2. The largest absolute Gasteiger partial charge is 0.494 e. The fourth-order valence-electron chi connectivity index (χ4n) is 4.67. The number of aryl methyl sites for hydroxylation is 1. The van der Waals surface area contributed by atoms with Gasteiger partial charge in [0.1, 0.15) is 28.8 Å². The van der Waals surface area contributed by atoms with Gasteiger partial charge in [-0.1, -0.05) is 18.2 Å². The highest BCUT2D eigenvalue weighted by molar-refractivity contribution is 7.93. The second-order valence-corrected chi connectivity index (χ2v) is 11.0. The molecule has 0 bridgehead atoms. The second kappa shape index (κ2) is 10.5. The Balaban J connectivity index is 1.54. The molecule has 4 aromatic rings. The average Bonchev–Trinajstić information content (AvgIpc) is 3.54. The van der Waals surface area contributed by atoms with Crippen LogP contribution in [0.2, 0.25) is 0 Å². The quantitative estimate of drug-likeness (QED) is 0.345. The highest BCUT2D eigenvalue weighted by atomic mass is 32.2. The van der Waals surface area contributed by atoms with Gasteiger partial charge in [-0.25, -0.2) is 12.8 Å². The average molecular weight is 542 g/mol. The lowest BCUT2D eigenvalue weighted by molar-refractivity contribution is 0.391. The number of sulfonamides is 1. The van der Waals surface area contributed by atoms with Crippen molar-refractivity contribution >= 4 is 16.0 Å². The lowest BCUT2D eigenvalue weighted by atomic mass is 9.91. The Kier molecular flexibility index (Phi) is 7.09. The van der Waals surface area contributed by atoms with E-state index < -0.39 is 15.3 Å². The van der Waals surface area contributed by atoms with Crippen LogP contribution in [-0.2, 0) is 10.0 Å². The van der Waals surface area contributed by atoms with Crippen molar-refractivity contribution in [1.82, 2.24) is 20.1 Å². The molecule has 1 aliphatic rings. The summed E-state index contributed by atoms with van der Waals surface area (Å²) in [6, 6.07) is 14.9. The van der Waals surface area contributed by atoms with Crippen molar-refractivity contribution in [2.24, 2.45) is 0 Å². The van der Waals surface area contributed by atoms with Crippen LogP contribution in [0.3, 0.4) is 0 Å². The number of halogens is 1. The molecule has 0 radical (unpaired) electrons. The smallest absolute Gasteiger partial charge is 0.243 e. The normalized spacial score (nSPS) is 17.8. The molecule has 2 N–H and O–H groups in total. The molecule has 1 fully saturated rings. The fourth-order valence-corrected chi connectivity index (χ4v) is 6.04. The van der Waals surface area contributed by atoms with Gasteiger partial charge in [-0.2, -0.15) is 0 Å². The van der Waals surface area contributed by atoms with Gasteiger partial charge in [0.2, 0.25) is 21.8 Å². The highest BCUT2D eigenvalue weighted by Gasteiger charge is 2.35. The number of para-hydroxylation sites is 1. The van der Waals surface area contributed by atoms with E-state index >= 15 is 0 Å². The van der Waals surface area contributed by atoms with E-state index in [9.17, 15) is 12.8 Å². The van der Waals surface area contributed by atoms with Crippen LogP contribution in [0.15, 0.2) is 59.0 Å². The first-order valence-corrected chi connectivity index (χ1v) is 13.6. The maximum absolute atomic E-state index is 13.7. The SMILES string of the molecule is COc1cccc(OC)c1-n1c(NS(=O)(=O)[C@H]2CNC[C@H](c3ccc(F)cc3)C2)nnc1-c1ccc(C)o1. The van der Waals surface area contributed by atoms with Crippen molar-refractivity contribution < 1.29 is 26.7 Å². The summed E-state index contributed by atoms with van der Waals surface area (Å²) in [5, 5.41) is 10.9. The zero-order valence-corrected chi connectivity index (χ0v) is 22.0. The summed E-state index contributed by atoms with van der Waals surface area (Å²) in [4.78, 5) is 0. The number of nitrogens with one attached hydrogen (secondary N) is 2. The van der Waals surface area contributed by atoms with Gasteiger partial charge in [-0.3, -0.25) is 9.29 Å². The minimum absolute atomic E-state index is 0.0410. The maximum atomic E-state index is 13.7. The molecule has 10 nitrogen and oxygen atoms in total. The molecule has 0 amide bonds. The van der Waals surface area contributed by atoms with Crippen LogP contribution in [-0.4, -0.2) is 55.7 Å². The minimum Gasteiger partial charge on any atom is -0.494 e. The Labute approximate surface area is 219 Å². The number of furan rings is 1.